The van der Waals surface area contributed by atoms with Crippen LogP contribution < -0.4 is 5.32 Å². The van der Waals surface area contributed by atoms with Gasteiger partial charge < -0.3 is 10.1 Å². The van der Waals surface area contributed by atoms with Crippen LogP contribution in [0.3, 0.4) is 0 Å². The number of nitro benzene ring substituents is 1. The molecule has 1 saturated heterocycles. The second-order valence-corrected chi connectivity index (χ2v) is 7.60. The zero-order chi connectivity index (χ0) is 19.0. The van der Waals surface area contributed by atoms with Gasteiger partial charge in [-0.15, -0.1) is 0 Å². The van der Waals surface area contributed by atoms with Gasteiger partial charge in [0.15, 0.2) is 0 Å². The molecule has 0 aromatic heterocycles. The van der Waals surface area contributed by atoms with Crippen molar-refractivity contribution in [3.05, 3.63) is 39.9 Å². The van der Waals surface area contributed by atoms with E-state index in [1.54, 1.807) is 11.0 Å². The fourth-order valence-corrected chi connectivity index (χ4v) is 4.09. The van der Waals surface area contributed by atoms with Crippen molar-refractivity contribution in [2.75, 3.05) is 6.61 Å². The van der Waals surface area contributed by atoms with E-state index in [-0.39, 0.29) is 35.7 Å². The molecule has 3 aliphatic rings. The first-order valence-electron chi connectivity index (χ1n) is 9.53. The number of rotatable bonds is 4. The number of amides is 2. The molecule has 1 aromatic carbocycles. The fourth-order valence-electron chi connectivity index (χ4n) is 4.09. The summed E-state index contributed by atoms with van der Waals surface area (Å²) in [6.45, 7) is 0.166. The second-order valence-electron chi connectivity index (χ2n) is 7.60. The molecule has 1 aliphatic heterocycles. The van der Waals surface area contributed by atoms with E-state index in [1.165, 1.54) is 18.2 Å². The molecule has 0 bridgehead atoms. The van der Waals surface area contributed by atoms with E-state index in [1.807, 2.05) is 0 Å². The summed E-state index contributed by atoms with van der Waals surface area (Å²) in [7, 11) is 0. The SMILES string of the molecule is O=C(NC1CC1)[C@H]1COC2(CCCCC2)N1C(=O)c1cccc([N+](=O)[O-])c1. The molecule has 1 atom stereocenters. The van der Waals surface area contributed by atoms with Crippen LogP contribution in [0.4, 0.5) is 5.69 Å². The maximum Gasteiger partial charge on any atom is 0.270 e. The standard InChI is InChI=1S/C19H23N3O5/c23-17(20-14-7-8-14)16-12-27-19(9-2-1-3-10-19)21(16)18(24)13-5-4-6-15(11-13)22(25)26/h4-6,11,14,16H,1-3,7-10,12H2,(H,20,23)/t16-/m1/s1. The number of nitrogens with zero attached hydrogens (tertiary/aromatic N) is 2. The number of hydrogen-bond donors (Lipinski definition) is 1. The Morgan fingerprint density at radius 1 is 1.22 bits per heavy atom. The van der Waals surface area contributed by atoms with Crippen LogP contribution in [0.2, 0.25) is 0 Å². The van der Waals surface area contributed by atoms with E-state index in [4.69, 9.17) is 4.74 Å². The van der Waals surface area contributed by atoms with Gasteiger partial charge in [0, 0.05) is 23.7 Å². The Morgan fingerprint density at radius 2 is 1.96 bits per heavy atom. The smallest absolute Gasteiger partial charge is 0.270 e. The molecule has 3 fully saturated rings. The van der Waals surface area contributed by atoms with Crippen LogP contribution in [0.5, 0.6) is 0 Å². The molecule has 1 spiro atoms. The largest absolute Gasteiger partial charge is 0.353 e. The van der Waals surface area contributed by atoms with Crippen molar-refractivity contribution in [3.8, 4) is 0 Å². The molecule has 0 radical (unpaired) electrons. The molecule has 1 aromatic rings. The van der Waals surface area contributed by atoms with Gasteiger partial charge in [-0.3, -0.25) is 24.6 Å². The van der Waals surface area contributed by atoms with E-state index >= 15 is 0 Å². The predicted octanol–water partition coefficient (Wildman–Crippen LogP) is 2.37. The van der Waals surface area contributed by atoms with Gasteiger partial charge in [-0.2, -0.15) is 0 Å². The summed E-state index contributed by atoms with van der Waals surface area (Å²) in [5.41, 5.74) is -0.715. The molecule has 2 amide bonds. The Bertz CT molecular complexity index is 770. The van der Waals surface area contributed by atoms with Gasteiger partial charge in [-0.05, 0) is 44.6 Å². The summed E-state index contributed by atoms with van der Waals surface area (Å²) in [5, 5.41) is 14.0. The minimum absolute atomic E-state index is 0.141. The van der Waals surface area contributed by atoms with Crippen molar-refractivity contribution >= 4 is 17.5 Å². The lowest BCUT2D eigenvalue weighted by atomic mass is 9.89. The van der Waals surface area contributed by atoms with Crippen molar-refractivity contribution in [1.29, 1.82) is 0 Å². The lowest BCUT2D eigenvalue weighted by Gasteiger charge is -2.41. The highest BCUT2D eigenvalue weighted by Crippen LogP contribution is 2.41. The summed E-state index contributed by atoms with van der Waals surface area (Å²) >= 11 is 0. The van der Waals surface area contributed by atoms with Gasteiger partial charge in [-0.25, -0.2) is 0 Å². The van der Waals surface area contributed by atoms with Crippen LogP contribution in [-0.2, 0) is 9.53 Å². The zero-order valence-electron chi connectivity index (χ0n) is 15.1. The Labute approximate surface area is 157 Å². The summed E-state index contributed by atoms with van der Waals surface area (Å²) in [6, 6.07) is 5.17. The number of non-ortho nitro benzene ring substituents is 1. The number of benzene rings is 1. The van der Waals surface area contributed by atoms with Crippen molar-refractivity contribution in [2.24, 2.45) is 0 Å². The van der Waals surface area contributed by atoms with Gasteiger partial charge in [-0.1, -0.05) is 12.5 Å². The third kappa shape index (κ3) is 3.41. The predicted molar refractivity (Wildman–Crippen MR) is 96.0 cm³/mol. The van der Waals surface area contributed by atoms with E-state index < -0.39 is 16.7 Å². The van der Waals surface area contributed by atoms with Gasteiger partial charge in [0.2, 0.25) is 5.91 Å². The maximum atomic E-state index is 13.4. The molecule has 1 heterocycles. The Hall–Kier alpha value is -2.48. The van der Waals surface area contributed by atoms with Crippen LogP contribution in [-0.4, -0.2) is 46.1 Å². The first-order valence-corrected chi connectivity index (χ1v) is 9.53. The molecule has 4 rings (SSSR count). The van der Waals surface area contributed by atoms with Crippen LogP contribution >= 0.6 is 0 Å². The van der Waals surface area contributed by atoms with Gasteiger partial charge in [0.05, 0.1) is 11.5 Å². The number of carbonyl (C=O) groups excluding carboxylic acids is 2. The molecule has 144 valence electrons. The number of carbonyl (C=O) groups is 2. The van der Waals surface area contributed by atoms with Gasteiger partial charge in [0.25, 0.3) is 11.6 Å². The topological polar surface area (TPSA) is 102 Å². The van der Waals surface area contributed by atoms with E-state index in [2.05, 4.69) is 5.32 Å². The first-order chi connectivity index (χ1) is 13.0. The normalized spacial score (nSPS) is 24.0. The first kappa shape index (κ1) is 17.9. The van der Waals surface area contributed by atoms with Gasteiger partial charge in [0.1, 0.15) is 11.8 Å². The van der Waals surface area contributed by atoms with Gasteiger partial charge >= 0.3 is 0 Å². The molecular weight excluding hydrogens is 350 g/mol. The highest BCUT2D eigenvalue weighted by Gasteiger charge is 2.53. The highest BCUT2D eigenvalue weighted by atomic mass is 16.6. The third-order valence-corrected chi connectivity index (χ3v) is 5.64. The van der Waals surface area contributed by atoms with Crippen molar-refractivity contribution in [2.45, 2.75) is 62.8 Å². The molecular formula is C19H23N3O5. The maximum absolute atomic E-state index is 13.4. The minimum atomic E-state index is -0.786. The lowest BCUT2D eigenvalue weighted by molar-refractivity contribution is -0.384. The third-order valence-electron chi connectivity index (χ3n) is 5.64. The van der Waals surface area contributed by atoms with E-state index in [9.17, 15) is 19.7 Å². The second kappa shape index (κ2) is 6.92. The zero-order valence-corrected chi connectivity index (χ0v) is 15.1. The van der Waals surface area contributed by atoms with Crippen molar-refractivity contribution in [3.63, 3.8) is 0 Å². The average Bonchev–Trinajstić information content (AvgIpc) is 3.42. The molecule has 1 N–H and O–H groups in total. The summed E-state index contributed by atoms with van der Waals surface area (Å²) < 4.78 is 6.06. The fraction of sp³-hybridized carbons (Fsp3) is 0.579. The molecule has 8 nitrogen and oxygen atoms in total. The summed E-state index contributed by atoms with van der Waals surface area (Å²) in [4.78, 5) is 38.2. The van der Waals surface area contributed by atoms with Crippen LogP contribution in [0, 0.1) is 10.1 Å². The van der Waals surface area contributed by atoms with Crippen LogP contribution in [0.25, 0.3) is 0 Å². The van der Waals surface area contributed by atoms with Crippen LogP contribution in [0.15, 0.2) is 24.3 Å². The quantitative estimate of drug-likeness (QED) is 0.645. The average molecular weight is 373 g/mol. The monoisotopic (exact) mass is 373 g/mol. The number of ether oxygens (including phenoxy) is 1. The number of hydrogen-bond acceptors (Lipinski definition) is 5. The molecule has 2 saturated carbocycles. The molecule has 0 unspecified atom stereocenters. The summed E-state index contributed by atoms with van der Waals surface area (Å²) in [6.07, 6.45) is 6.21. The minimum Gasteiger partial charge on any atom is -0.353 e. The van der Waals surface area contributed by atoms with E-state index in [0.29, 0.717) is 12.8 Å². The van der Waals surface area contributed by atoms with Crippen molar-refractivity contribution < 1.29 is 19.2 Å². The van der Waals surface area contributed by atoms with Crippen LogP contribution in [0.1, 0.15) is 55.3 Å². The summed E-state index contributed by atoms with van der Waals surface area (Å²) in [5.74, 6) is -0.576. The Balaban J connectivity index is 1.66. The number of nitrogens with one attached hydrogen (secondary N) is 1. The highest BCUT2D eigenvalue weighted by molar-refractivity contribution is 5.99. The van der Waals surface area contributed by atoms with E-state index in [0.717, 1.165) is 32.1 Å². The number of nitro groups is 1. The Morgan fingerprint density at radius 3 is 2.63 bits per heavy atom. The molecule has 8 heteroatoms. The lowest BCUT2D eigenvalue weighted by Crippen LogP contribution is -2.56. The Kier molecular flexibility index (Phi) is 4.59. The molecule has 27 heavy (non-hydrogen) atoms. The van der Waals surface area contributed by atoms with Crippen molar-refractivity contribution in [1.82, 2.24) is 10.2 Å². The molecule has 2 aliphatic carbocycles.